The maximum absolute atomic E-state index is 13.1. The first kappa shape index (κ1) is 18.2. The molecule has 7 rings (SSSR count). The molecule has 0 saturated heterocycles. The highest BCUT2D eigenvalue weighted by Crippen LogP contribution is 2.60. The van der Waals surface area contributed by atoms with E-state index < -0.39 is 0 Å². The molecule has 0 heterocycles. The van der Waals surface area contributed by atoms with Gasteiger partial charge in [-0.15, -0.1) is 0 Å². The fourth-order valence-electron chi connectivity index (χ4n) is 6.92. The minimum atomic E-state index is -0.194. The van der Waals surface area contributed by atoms with Gasteiger partial charge in [0, 0.05) is 10.8 Å². The van der Waals surface area contributed by atoms with Crippen molar-refractivity contribution in [2.24, 2.45) is 23.2 Å². The van der Waals surface area contributed by atoms with Crippen LogP contribution in [0.5, 0.6) is 5.75 Å². The normalized spacial score (nSPS) is 29.4. The Hall–Kier alpha value is -2.55. The maximum Gasteiger partial charge on any atom is 0.312 e. The van der Waals surface area contributed by atoms with Crippen LogP contribution in [0, 0.1) is 23.2 Å². The van der Waals surface area contributed by atoms with Crippen molar-refractivity contribution in [1.29, 1.82) is 0 Å². The van der Waals surface area contributed by atoms with Gasteiger partial charge < -0.3 is 9.47 Å². The SMILES string of the molecule is O=C(OCCOc1c2ccccc2cc2ccccc12)C12CC3CC(CC(C3)C1)C2. The molecule has 0 spiro atoms. The van der Waals surface area contributed by atoms with Crippen molar-refractivity contribution < 1.29 is 14.3 Å². The minimum Gasteiger partial charge on any atom is -0.489 e. The van der Waals surface area contributed by atoms with Gasteiger partial charge in [-0.2, -0.15) is 0 Å². The summed E-state index contributed by atoms with van der Waals surface area (Å²) in [5.41, 5.74) is -0.194. The van der Waals surface area contributed by atoms with Crippen LogP contribution in [0.2, 0.25) is 0 Å². The Labute approximate surface area is 177 Å². The quantitative estimate of drug-likeness (QED) is 0.293. The van der Waals surface area contributed by atoms with E-state index in [4.69, 9.17) is 9.47 Å². The van der Waals surface area contributed by atoms with E-state index in [0.717, 1.165) is 64.3 Å². The molecule has 0 radical (unpaired) electrons. The van der Waals surface area contributed by atoms with E-state index >= 15 is 0 Å². The monoisotopic (exact) mass is 400 g/mol. The average Bonchev–Trinajstić information content (AvgIpc) is 2.75. The molecule has 0 unspecified atom stereocenters. The molecule has 0 aliphatic heterocycles. The molecule has 0 amide bonds. The van der Waals surface area contributed by atoms with Gasteiger partial charge in [-0.05, 0) is 73.1 Å². The van der Waals surface area contributed by atoms with Gasteiger partial charge in [0.2, 0.25) is 0 Å². The highest BCUT2D eigenvalue weighted by molar-refractivity contribution is 6.05. The van der Waals surface area contributed by atoms with E-state index in [2.05, 4.69) is 30.3 Å². The number of hydrogen-bond donors (Lipinski definition) is 0. The Morgan fingerprint density at radius 1 is 0.800 bits per heavy atom. The van der Waals surface area contributed by atoms with Crippen molar-refractivity contribution >= 4 is 27.5 Å². The summed E-state index contributed by atoms with van der Waals surface area (Å²) in [7, 11) is 0. The molecule has 3 aromatic rings. The number of rotatable bonds is 5. The molecule has 30 heavy (non-hydrogen) atoms. The second-order valence-corrected chi connectivity index (χ2v) is 9.83. The van der Waals surface area contributed by atoms with E-state index in [1.54, 1.807) is 0 Å². The number of fused-ring (bicyclic) bond motifs is 2. The molecule has 4 aliphatic rings. The zero-order valence-corrected chi connectivity index (χ0v) is 17.3. The fraction of sp³-hybridized carbons (Fsp3) is 0.444. The zero-order valence-electron chi connectivity index (χ0n) is 17.3. The molecule has 3 aromatic carbocycles. The number of carbonyl (C=O) groups excluding carboxylic acids is 1. The number of benzene rings is 3. The smallest absolute Gasteiger partial charge is 0.312 e. The van der Waals surface area contributed by atoms with Gasteiger partial charge in [0.15, 0.2) is 0 Å². The first-order valence-electron chi connectivity index (χ1n) is 11.4. The highest BCUT2D eigenvalue weighted by Gasteiger charge is 2.55. The summed E-state index contributed by atoms with van der Waals surface area (Å²) < 4.78 is 12.0. The Morgan fingerprint density at radius 2 is 1.33 bits per heavy atom. The number of carbonyl (C=O) groups is 1. The Bertz CT molecular complexity index is 1030. The summed E-state index contributed by atoms with van der Waals surface area (Å²) in [4.78, 5) is 13.1. The maximum atomic E-state index is 13.1. The molecule has 0 N–H and O–H groups in total. The predicted octanol–water partition coefficient (Wildman–Crippen LogP) is 6.13. The highest BCUT2D eigenvalue weighted by atomic mass is 16.6. The first-order chi connectivity index (χ1) is 14.7. The van der Waals surface area contributed by atoms with Crippen LogP contribution in [0.4, 0.5) is 0 Å². The Balaban J connectivity index is 1.17. The van der Waals surface area contributed by atoms with Gasteiger partial charge in [0.05, 0.1) is 5.41 Å². The van der Waals surface area contributed by atoms with Gasteiger partial charge in [-0.25, -0.2) is 0 Å². The average molecular weight is 401 g/mol. The first-order valence-corrected chi connectivity index (χ1v) is 11.4. The van der Waals surface area contributed by atoms with Crippen molar-refractivity contribution in [3.63, 3.8) is 0 Å². The van der Waals surface area contributed by atoms with Crippen molar-refractivity contribution in [3.05, 3.63) is 54.6 Å². The van der Waals surface area contributed by atoms with Crippen LogP contribution >= 0.6 is 0 Å². The topological polar surface area (TPSA) is 35.5 Å². The summed E-state index contributed by atoms with van der Waals surface area (Å²) in [5.74, 6) is 3.17. The molecule has 0 atom stereocenters. The van der Waals surface area contributed by atoms with E-state index in [1.165, 1.54) is 19.3 Å². The Kier molecular flexibility index (Phi) is 4.26. The fourth-order valence-corrected chi connectivity index (χ4v) is 6.92. The lowest BCUT2D eigenvalue weighted by Crippen LogP contribution is -2.50. The molecule has 4 aliphatic carbocycles. The van der Waals surface area contributed by atoms with Crippen LogP contribution in [-0.4, -0.2) is 19.2 Å². The van der Waals surface area contributed by atoms with Crippen molar-refractivity contribution in [1.82, 2.24) is 0 Å². The molecule has 3 nitrogen and oxygen atoms in total. The van der Waals surface area contributed by atoms with Crippen LogP contribution in [0.25, 0.3) is 21.5 Å². The van der Waals surface area contributed by atoms with Crippen LogP contribution in [-0.2, 0) is 9.53 Å². The summed E-state index contributed by atoms with van der Waals surface area (Å²) in [5, 5.41) is 4.53. The number of hydrogen-bond acceptors (Lipinski definition) is 3. The van der Waals surface area contributed by atoms with Gasteiger partial charge >= 0.3 is 5.97 Å². The summed E-state index contributed by atoms with van der Waals surface area (Å²) in [6, 6.07) is 18.8. The summed E-state index contributed by atoms with van der Waals surface area (Å²) >= 11 is 0. The van der Waals surface area contributed by atoms with E-state index in [0.29, 0.717) is 13.2 Å². The van der Waals surface area contributed by atoms with Crippen LogP contribution in [0.3, 0.4) is 0 Å². The third-order valence-electron chi connectivity index (χ3n) is 7.76. The second kappa shape index (κ2) is 7.01. The second-order valence-electron chi connectivity index (χ2n) is 9.83. The van der Waals surface area contributed by atoms with Crippen LogP contribution < -0.4 is 4.74 Å². The largest absolute Gasteiger partial charge is 0.489 e. The lowest BCUT2D eigenvalue weighted by atomic mass is 9.49. The molecule has 4 fully saturated rings. The Morgan fingerprint density at radius 3 is 1.90 bits per heavy atom. The molecular formula is C27H28O3. The summed E-state index contributed by atoms with van der Waals surface area (Å²) in [6.07, 6.45) is 7.16. The zero-order chi connectivity index (χ0) is 20.1. The van der Waals surface area contributed by atoms with Crippen LogP contribution in [0.1, 0.15) is 38.5 Å². The van der Waals surface area contributed by atoms with E-state index in [-0.39, 0.29) is 11.4 Å². The van der Waals surface area contributed by atoms with E-state index in [9.17, 15) is 4.79 Å². The van der Waals surface area contributed by atoms with Gasteiger partial charge in [-0.3, -0.25) is 4.79 Å². The number of esters is 1. The molecular weight excluding hydrogens is 372 g/mol. The van der Waals surface area contributed by atoms with Crippen molar-refractivity contribution in [2.75, 3.05) is 13.2 Å². The van der Waals surface area contributed by atoms with E-state index in [1.807, 2.05) is 24.3 Å². The van der Waals surface area contributed by atoms with Gasteiger partial charge in [-0.1, -0.05) is 48.5 Å². The third kappa shape index (κ3) is 2.98. The van der Waals surface area contributed by atoms with Crippen molar-refractivity contribution in [3.8, 4) is 5.75 Å². The van der Waals surface area contributed by atoms with Gasteiger partial charge in [0.1, 0.15) is 19.0 Å². The molecule has 154 valence electrons. The van der Waals surface area contributed by atoms with Crippen LogP contribution in [0.15, 0.2) is 54.6 Å². The standard InChI is InChI=1S/C27H28O3/c28-26(27-15-18-11-19(16-27)13-20(12-18)17-27)30-10-9-29-25-23-7-3-1-5-21(23)14-22-6-2-4-8-24(22)25/h1-8,14,18-20H,9-13,15-17H2. The molecule has 4 bridgehead atoms. The number of ether oxygens (including phenoxy) is 2. The van der Waals surface area contributed by atoms with Gasteiger partial charge in [0.25, 0.3) is 0 Å². The van der Waals surface area contributed by atoms with Crippen molar-refractivity contribution in [2.45, 2.75) is 38.5 Å². The third-order valence-corrected chi connectivity index (χ3v) is 7.76. The minimum absolute atomic E-state index is 0.0352. The molecule has 4 saturated carbocycles. The lowest BCUT2D eigenvalue weighted by Gasteiger charge is -2.55. The summed E-state index contributed by atoms with van der Waals surface area (Å²) in [6.45, 7) is 0.703. The molecule has 3 heteroatoms. The predicted molar refractivity (Wildman–Crippen MR) is 119 cm³/mol. The lowest BCUT2D eigenvalue weighted by molar-refractivity contribution is -0.172. The molecule has 0 aromatic heterocycles.